The maximum atomic E-state index is 9.82. The van der Waals surface area contributed by atoms with Gasteiger partial charge in [-0.05, 0) is 12.1 Å². The van der Waals surface area contributed by atoms with E-state index in [0.29, 0.717) is 6.42 Å². The van der Waals surface area contributed by atoms with Crippen LogP contribution in [-0.2, 0) is 32.4 Å². The molecule has 1 rings (SSSR count). The Bertz CT molecular complexity index is 292. The van der Waals surface area contributed by atoms with Crippen LogP contribution in [0.5, 0.6) is 0 Å². The Morgan fingerprint density at radius 2 is 2.10 bits per heavy atom. The van der Waals surface area contributed by atoms with E-state index in [0.717, 1.165) is 25.2 Å². The van der Waals surface area contributed by atoms with E-state index in [9.17, 15) is 4.79 Å². The first-order chi connectivity index (χ1) is 9.24. The number of nitrogens with one attached hydrogen (secondary N) is 1. The third-order valence-electron chi connectivity index (χ3n) is 1.76. The van der Waals surface area contributed by atoms with Crippen LogP contribution in [0.25, 0.3) is 5.32 Å². The van der Waals surface area contributed by atoms with Gasteiger partial charge in [0, 0.05) is 18.3 Å². The average Bonchev–Trinajstić information content (AvgIpc) is 2.50. The number of hydrogen-bond donors (Lipinski definition) is 2. The fourth-order valence-corrected chi connectivity index (χ4v) is 0.876. The van der Waals surface area contributed by atoms with Gasteiger partial charge in [-0.3, -0.25) is 15.0 Å². The average molecular weight is 451 g/mol. The van der Waals surface area contributed by atoms with E-state index in [2.05, 4.69) is 17.2 Å². The Balaban J connectivity index is -0.000000278. The molecule has 5 nitrogen and oxygen atoms in total. The summed E-state index contributed by atoms with van der Waals surface area (Å²) in [6.07, 6.45) is 2.98. The van der Waals surface area contributed by atoms with Crippen LogP contribution in [0.3, 0.4) is 0 Å². The fourth-order valence-electron chi connectivity index (χ4n) is 0.876. The van der Waals surface area contributed by atoms with Gasteiger partial charge < -0.3 is 12.2 Å². The van der Waals surface area contributed by atoms with Gasteiger partial charge >= 0.3 is 21.1 Å². The molecule has 0 saturated carbocycles. The standard InChI is InChI=1S/C9H12N2.C3H7NO2.C2H6.W/c1-2-6-10-8-9-5-3-4-7-11-9;1-2-3(5)4-6;1-2;/h3-5,7H,1-2,6,8H2;6H,2H2,1H3,(H,4,5);1-2H3;/q-2;;;+2. The van der Waals surface area contributed by atoms with Crippen molar-refractivity contribution in [1.29, 1.82) is 0 Å². The Kier molecular flexibility index (Phi) is 24.9. The predicted octanol–water partition coefficient (Wildman–Crippen LogP) is 3.10. The second-order valence-electron chi connectivity index (χ2n) is 3.17. The zero-order valence-electron chi connectivity index (χ0n) is 12.5. The number of aromatic nitrogens is 1. The SMILES string of the molecule is CC.CCC(=O)NO.[CH2-]CC[N-]Cc1ccccn1.[W+2]. The molecule has 114 valence electrons. The first-order valence-corrected chi connectivity index (χ1v) is 6.49. The number of hydroxylamine groups is 1. The number of amides is 1. The molecule has 0 aliphatic heterocycles. The van der Waals surface area contributed by atoms with E-state index in [-0.39, 0.29) is 27.0 Å². The maximum Gasteiger partial charge on any atom is 2.00 e. The van der Waals surface area contributed by atoms with Crippen LogP contribution in [0.4, 0.5) is 0 Å². The number of rotatable bonds is 5. The van der Waals surface area contributed by atoms with E-state index in [1.165, 1.54) is 5.48 Å². The summed E-state index contributed by atoms with van der Waals surface area (Å²) < 4.78 is 0. The minimum absolute atomic E-state index is 0. The number of pyridine rings is 1. The van der Waals surface area contributed by atoms with Crippen molar-refractivity contribution < 1.29 is 31.1 Å². The fraction of sp³-hybridized carbons (Fsp3) is 0.500. The maximum absolute atomic E-state index is 9.82. The molecule has 1 heterocycles. The van der Waals surface area contributed by atoms with E-state index in [4.69, 9.17) is 5.21 Å². The van der Waals surface area contributed by atoms with Gasteiger partial charge in [0.2, 0.25) is 5.91 Å². The van der Waals surface area contributed by atoms with Crippen molar-refractivity contribution in [3.05, 3.63) is 42.3 Å². The van der Waals surface area contributed by atoms with Crippen molar-refractivity contribution in [1.82, 2.24) is 10.5 Å². The second-order valence-corrected chi connectivity index (χ2v) is 3.17. The number of hydrogen-bond acceptors (Lipinski definition) is 3. The summed E-state index contributed by atoms with van der Waals surface area (Å²) in [7, 11) is 0. The van der Waals surface area contributed by atoms with Crippen LogP contribution in [-0.4, -0.2) is 22.6 Å². The summed E-state index contributed by atoms with van der Waals surface area (Å²) in [6.45, 7) is 10.9. The Morgan fingerprint density at radius 1 is 1.45 bits per heavy atom. The van der Waals surface area contributed by atoms with Gasteiger partial charge in [-0.1, -0.05) is 26.8 Å². The van der Waals surface area contributed by atoms with Crippen molar-refractivity contribution in [2.45, 2.75) is 40.2 Å². The minimum Gasteiger partial charge on any atom is -0.659 e. The molecule has 0 aliphatic rings. The molecule has 0 bridgehead atoms. The van der Waals surface area contributed by atoms with Crippen molar-refractivity contribution in [2.24, 2.45) is 0 Å². The normalized spacial score (nSPS) is 8.05. The van der Waals surface area contributed by atoms with Crippen LogP contribution >= 0.6 is 0 Å². The van der Waals surface area contributed by atoms with E-state index < -0.39 is 0 Å². The number of nitrogens with zero attached hydrogens (tertiary/aromatic N) is 2. The molecule has 0 atom stereocenters. The van der Waals surface area contributed by atoms with Crippen molar-refractivity contribution >= 4 is 5.91 Å². The third-order valence-corrected chi connectivity index (χ3v) is 1.76. The quantitative estimate of drug-likeness (QED) is 0.313. The van der Waals surface area contributed by atoms with Crippen LogP contribution in [0.1, 0.15) is 39.3 Å². The molecule has 0 spiro atoms. The van der Waals surface area contributed by atoms with Gasteiger partial charge in [0.15, 0.2) is 0 Å². The summed E-state index contributed by atoms with van der Waals surface area (Å²) in [5, 5.41) is 12.0. The van der Waals surface area contributed by atoms with Gasteiger partial charge in [-0.25, -0.2) is 11.9 Å². The van der Waals surface area contributed by atoms with Gasteiger partial charge in [0.05, 0.1) is 0 Å². The molecule has 1 amide bonds. The van der Waals surface area contributed by atoms with Crippen LogP contribution < -0.4 is 5.48 Å². The molecule has 6 heteroatoms. The van der Waals surface area contributed by atoms with Crippen LogP contribution in [0, 0.1) is 6.92 Å². The zero-order chi connectivity index (χ0) is 14.9. The smallest absolute Gasteiger partial charge is 0.659 e. The van der Waals surface area contributed by atoms with Gasteiger partial charge in [-0.2, -0.15) is 6.54 Å². The van der Waals surface area contributed by atoms with Crippen LogP contribution in [0.2, 0.25) is 0 Å². The molecule has 1 aromatic heterocycles. The zero-order valence-corrected chi connectivity index (χ0v) is 15.4. The van der Waals surface area contributed by atoms with Gasteiger partial charge in [0.25, 0.3) is 0 Å². The Hall–Kier alpha value is -0.772. The largest absolute Gasteiger partial charge is 2.00 e. The van der Waals surface area contributed by atoms with E-state index in [1.54, 1.807) is 13.1 Å². The molecule has 20 heavy (non-hydrogen) atoms. The minimum atomic E-state index is -0.352. The van der Waals surface area contributed by atoms with E-state index >= 15 is 0 Å². The third kappa shape index (κ3) is 17.2. The first-order valence-electron chi connectivity index (χ1n) is 6.49. The number of carbonyl (C=O) groups is 1. The summed E-state index contributed by atoms with van der Waals surface area (Å²) in [5.41, 5.74) is 2.50. The molecule has 0 radical (unpaired) electrons. The molecule has 2 N–H and O–H groups in total. The monoisotopic (exact) mass is 451 g/mol. The molecule has 0 aromatic carbocycles. The molecule has 0 fully saturated rings. The summed E-state index contributed by atoms with van der Waals surface area (Å²) in [5.74, 6) is -0.352. The predicted molar refractivity (Wildman–Crippen MR) is 77.7 cm³/mol. The van der Waals surface area contributed by atoms with Gasteiger partial charge in [0.1, 0.15) is 0 Å². The van der Waals surface area contributed by atoms with Crippen LogP contribution in [0.15, 0.2) is 24.4 Å². The van der Waals surface area contributed by atoms with Crippen molar-refractivity contribution in [2.75, 3.05) is 6.54 Å². The topological polar surface area (TPSA) is 76.3 Å². The molecule has 0 saturated heterocycles. The summed E-state index contributed by atoms with van der Waals surface area (Å²) >= 11 is 0. The Morgan fingerprint density at radius 3 is 2.45 bits per heavy atom. The number of carbonyl (C=O) groups excluding carboxylic acids is 1. The Labute approximate surface area is 136 Å². The van der Waals surface area contributed by atoms with Crippen molar-refractivity contribution in [3.63, 3.8) is 0 Å². The molecular formula is C14H25N3O2W. The molecule has 1 aromatic rings. The summed E-state index contributed by atoms with van der Waals surface area (Å²) in [6, 6.07) is 5.86. The van der Waals surface area contributed by atoms with E-state index in [1.807, 2.05) is 32.0 Å². The van der Waals surface area contributed by atoms with Gasteiger partial charge in [-0.15, -0.1) is 6.54 Å². The molecular weight excluding hydrogens is 426 g/mol. The first kappa shape index (κ1) is 24.3. The summed E-state index contributed by atoms with van der Waals surface area (Å²) in [4.78, 5) is 14.0. The second kappa shape index (κ2) is 20.5. The molecule has 0 unspecified atom stereocenters. The van der Waals surface area contributed by atoms with Crippen molar-refractivity contribution in [3.8, 4) is 0 Å². The molecule has 0 aliphatic carbocycles.